The van der Waals surface area contributed by atoms with E-state index in [2.05, 4.69) is 15.8 Å². The average molecular weight is 444 g/mol. The van der Waals surface area contributed by atoms with Gasteiger partial charge in [-0.05, 0) is 62.4 Å². The van der Waals surface area contributed by atoms with E-state index in [1.807, 2.05) is 68.4 Å². The first-order valence-corrected chi connectivity index (χ1v) is 10.5. The summed E-state index contributed by atoms with van der Waals surface area (Å²) in [6.45, 7) is 4.00. The number of rotatable bonds is 8. The minimum Gasteiger partial charge on any atom is -0.493 e. The minimum atomic E-state index is -0.248. The monoisotopic (exact) mass is 443 g/mol. The molecule has 7 nitrogen and oxygen atoms in total. The maximum Gasteiger partial charge on any atom is 0.255 e. The zero-order chi connectivity index (χ0) is 23.2. The molecule has 1 aromatic heterocycles. The Bertz CT molecular complexity index is 1230. The van der Waals surface area contributed by atoms with Crippen LogP contribution in [-0.2, 0) is 6.61 Å². The Balaban J connectivity index is 1.44. The summed E-state index contributed by atoms with van der Waals surface area (Å²) in [6, 6.07) is 22.5. The average Bonchev–Trinajstić information content (AvgIpc) is 3.15. The molecule has 1 amide bonds. The number of aryl methyl sites for hydroxylation is 2. The summed E-state index contributed by atoms with van der Waals surface area (Å²) in [5.74, 6) is 1.46. The third-order valence-corrected chi connectivity index (χ3v) is 5.16. The van der Waals surface area contributed by atoms with Crippen LogP contribution in [0.3, 0.4) is 0 Å². The normalized spacial score (nSPS) is 10.5. The molecule has 0 radical (unpaired) electrons. The molecule has 33 heavy (non-hydrogen) atoms. The molecular weight excluding hydrogens is 418 g/mol. The van der Waals surface area contributed by atoms with Gasteiger partial charge in [0.2, 0.25) is 0 Å². The second-order valence-electron chi connectivity index (χ2n) is 7.48. The van der Waals surface area contributed by atoms with Crippen molar-refractivity contribution in [1.82, 2.24) is 5.16 Å². The van der Waals surface area contributed by atoms with Crippen LogP contribution in [0.5, 0.6) is 11.5 Å². The van der Waals surface area contributed by atoms with Crippen LogP contribution >= 0.6 is 0 Å². The maximum absolute atomic E-state index is 12.8. The van der Waals surface area contributed by atoms with Crippen LogP contribution in [-0.4, -0.2) is 18.2 Å². The molecule has 0 saturated carbocycles. The highest BCUT2D eigenvalue weighted by Gasteiger charge is 2.14. The molecule has 0 aliphatic heterocycles. The number of carbonyl (C=O) groups is 1. The summed E-state index contributed by atoms with van der Waals surface area (Å²) in [4.78, 5) is 12.8. The van der Waals surface area contributed by atoms with Gasteiger partial charge in [-0.25, -0.2) is 0 Å². The van der Waals surface area contributed by atoms with Crippen molar-refractivity contribution in [2.75, 3.05) is 17.7 Å². The topological polar surface area (TPSA) is 85.6 Å². The Morgan fingerprint density at radius 3 is 2.39 bits per heavy atom. The van der Waals surface area contributed by atoms with Crippen LogP contribution in [0.2, 0.25) is 0 Å². The lowest BCUT2D eigenvalue weighted by Crippen LogP contribution is -2.12. The highest BCUT2D eigenvalue weighted by atomic mass is 16.5. The highest BCUT2D eigenvalue weighted by Crippen LogP contribution is 2.30. The number of para-hydroxylation sites is 1. The fourth-order valence-electron chi connectivity index (χ4n) is 3.35. The number of amides is 1. The van der Waals surface area contributed by atoms with Gasteiger partial charge in [0, 0.05) is 22.6 Å². The number of nitrogens with one attached hydrogen (secondary N) is 2. The number of carbonyl (C=O) groups excluding carboxylic acids is 1. The van der Waals surface area contributed by atoms with E-state index in [9.17, 15) is 4.79 Å². The SMILES string of the molecule is COc1cc(C(=O)Nc2cccc(Nc3ccccc3)c2)ccc1OCc1c(C)noc1C. The molecule has 168 valence electrons. The quantitative estimate of drug-likeness (QED) is 0.354. The summed E-state index contributed by atoms with van der Waals surface area (Å²) < 4.78 is 16.5. The lowest BCUT2D eigenvalue weighted by Gasteiger charge is -2.13. The predicted molar refractivity (Wildman–Crippen MR) is 127 cm³/mol. The molecule has 0 bridgehead atoms. The van der Waals surface area contributed by atoms with Crippen molar-refractivity contribution < 1.29 is 18.8 Å². The molecule has 7 heteroatoms. The Labute approximate surface area is 192 Å². The van der Waals surface area contributed by atoms with E-state index in [0.29, 0.717) is 35.1 Å². The largest absolute Gasteiger partial charge is 0.493 e. The van der Waals surface area contributed by atoms with E-state index in [-0.39, 0.29) is 5.91 Å². The molecule has 0 saturated heterocycles. The number of nitrogens with zero attached hydrogens (tertiary/aromatic N) is 1. The van der Waals surface area contributed by atoms with Crippen LogP contribution in [0.4, 0.5) is 17.1 Å². The van der Waals surface area contributed by atoms with Crippen molar-refractivity contribution in [3.05, 3.63) is 95.4 Å². The number of aromatic nitrogens is 1. The molecule has 4 aromatic rings. The van der Waals surface area contributed by atoms with Gasteiger partial charge in [0.1, 0.15) is 12.4 Å². The molecule has 0 aliphatic rings. The fourth-order valence-corrected chi connectivity index (χ4v) is 3.35. The predicted octanol–water partition coefficient (Wildman–Crippen LogP) is 5.87. The fraction of sp³-hybridized carbons (Fsp3) is 0.154. The standard InChI is InChI=1S/C26H25N3O4/c1-17-23(18(2)33-29-17)16-32-24-13-12-19(14-25(24)31-3)26(30)28-22-11-7-10-21(15-22)27-20-8-5-4-6-9-20/h4-15,27H,16H2,1-3H3,(H,28,30). The number of benzene rings is 3. The van der Waals surface area contributed by atoms with Gasteiger partial charge >= 0.3 is 0 Å². The number of anilines is 3. The van der Waals surface area contributed by atoms with E-state index in [4.69, 9.17) is 14.0 Å². The Kier molecular flexibility index (Phi) is 6.59. The van der Waals surface area contributed by atoms with E-state index < -0.39 is 0 Å². The summed E-state index contributed by atoms with van der Waals surface area (Å²) in [5, 5.41) is 10.2. The maximum atomic E-state index is 12.8. The van der Waals surface area contributed by atoms with Gasteiger partial charge in [-0.15, -0.1) is 0 Å². The highest BCUT2D eigenvalue weighted by molar-refractivity contribution is 6.04. The molecule has 0 aliphatic carbocycles. The van der Waals surface area contributed by atoms with Crippen molar-refractivity contribution in [3.63, 3.8) is 0 Å². The van der Waals surface area contributed by atoms with Crippen LogP contribution in [0.15, 0.2) is 77.3 Å². The summed E-state index contributed by atoms with van der Waals surface area (Å²) in [5.41, 5.74) is 4.66. The lowest BCUT2D eigenvalue weighted by atomic mass is 10.1. The molecular formula is C26H25N3O4. The van der Waals surface area contributed by atoms with E-state index in [0.717, 1.165) is 22.6 Å². The Hall–Kier alpha value is -4.26. The molecule has 1 heterocycles. The number of hydrogen-bond acceptors (Lipinski definition) is 6. The van der Waals surface area contributed by atoms with Gasteiger partial charge in [0.15, 0.2) is 11.5 Å². The van der Waals surface area contributed by atoms with Gasteiger partial charge in [-0.1, -0.05) is 29.4 Å². The first-order chi connectivity index (χ1) is 16.0. The summed E-state index contributed by atoms with van der Waals surface area (Å²) in [6.07, 6.45) is 0. The first kappa shape index (κ1) is 22.0. The molecule has 3 aromatic carbocycles. The van der Waals surface area contributed by atoms with E-state index >= 15 is 0 Å². The lowest BCUT2D eigenvalue weighted by molar-refractivity contribution is 0.102. The van der Waals surface area contributed by atoms with Crippen molar-refractivity contribution in [2.45, 2.75) is 20.5 Å². The molecule has 0 unspecified atom stereocenters. The molecule has 2 N–H and O–H groups in total. The van der Waals surface area contributed by atoms with Crippen molar-refractivity contribution in [3.8, 4) is 11.5 Å². The molecule has 0 spiro atoms. The smallest absolute Gasteiger partial charge is 0.255 e. The van der Waals surface area contributed by atoms with E-state index in [1.165, 1.54) is 0 Å². The van der Waals surface area contributed by atoms with Gasteiger partial charge in [0.05, 0.1) is 18.4 Å². The van der Waals surface area contributed by atoms with Crippen molar-refractivity contribution >= 4 is 23.0 Å². The van der Waals surface area contributed by atoms with Crippen LogP contribution < -0.4 is 20.1 Å². The number of hydrogen-bond donors (Lipinski definition) is 2. The summed E-state index contributed by atoms with van der Waals surface area (Å²) >= 11 is 0. The van der Waals surface area contributed by atoms with Crippen LogP contribution in [0.25, 0.3) is 0 Å². The third kappa shape index (κ3) is 5.33. The van der Waals surface area contributed by atoms with Gasteiger partial charge < -0.3 is 24.6 Å². The van der Waals surface area contributed by atoms with E-state index in [1.54, 1.807) is 25.3 Å². The van der Waals surface area contributed by atoms with Crippen LogP contribution in [0.1, 0.15) is 27.4 Å². The zero-order valence-electron chi connectivity index (χ0n) is 18.7. The van der Waals surface area contributed by atoms with Gasteiger partial charge in [-0.2, -0.15) is 0 Å². The number of methoxy groups -OCH3 is 1. The number of ether oxygens (including phenoxy) is 2. The Morgan fingerprint density at radius 2 is 1.67 bits per heavy atom. The second kappa shape index (κ2) is 9.91. The minimum absolute atomic E-state index is 0.248. The first-order valence-electron chi connectivity index (χ1n) is 10.5. The van der Waals surface area contributed by atoms with Gasteiger partial charge in [0.25, 0.3) is 5.91 Å². The Morgan fingerprint density at radius 1 is 0.909 bits per heavy atom. The molecule has 0 fully saturated rings. The van der Waals surface area contributed by atoms with Crippen molar-refractivity contribution in [2.24, 2.45) is 0 Å². The van der Waals surface area contributed by atoms with Gasteiger partial charge in [-0.3, -0.25) is 4.79 Å². The second-order valence-corrected chi connectivity index (χ2v) is 7.48. The molecule has 0 atom stereocenters. The zero-order valence-corrected chi connectivity index (χ0v) is 18.7. The third-order valence-electron chi connectivity index (χ3n) is 5.16. The molecule has 4 rings (SSSR count). The van der Waals surface area contributed by atoms with Crippen LogP contribution in [0, 0.1) is 13.8 Å². The van der Waals surface area contributed by atoms with Crippen molar-refractivity contribution in [1.29, 1.82) is 0 Å². The summed E-state index contributed by atoms with van der Waals surface area (Å²) in [7, 11) is 1.54.